The molecule has 0 saturated carbocycles. The molecule has 0 aliphatic carbocycles. The standard InChI is InChI=1S/C12H8F4O2/c13-11(14)17-8-5-1-3-7-4-2-6-9(10(7)8)18-12(15)16/h1-6,11-12H. The fourth-order valence-electron chi connectivity index (χ4n) is 1.66. The van der Waals surface area contributed by atoms with Crippen LogP contribution in [-0.2, 0) is 0 Å². The highest BCUT2D eigenvalue weighted by Crippen LogP contribution is 2.35. The topological polar surface area (TPSA) is 18.5 Å². The molecule has 0 radical (unpaired) electrons. The summed E-state index contributed by atoms with van der Waals surface area (Å²) in [7, 11) is 0. The maximum atomic E-state index is 12.2. The van der Waals surface area contributed by atoms with Gasteiger partial charge in [-0.1, -0.05) is 24.3 Å². The quantitative estimate of drug-likeness (QED) is 0.772. The van der Waals surface area contributed by atoms with E-state index in [1.807, 2.05) is 0 Å². The molecule has 0 saturated heterocycles. The number of alkyl halides is 4. The van der Waals surface area contributed by atoms with E-state index in [4.69, 9.17) is 0 Å². The first-order chi connectivity index (χ1) is 8.58. The summed E-state index contributed by atoms with van der Waals surface area (Å²) in [6, 6.07) is 8.70. The van der Waals surface area contributed by atoms with Gasteiger partial charge in [0.25, 0.3) is 0 Å². The molecular formula is C12H8F4O2. The lowest BCUT2D eigenvalue weighted by Gasteiger charge is -2.12. The van der Waals surface area contributed by atoms with Gasteiger partial charge >= 0.3 is 13.2 Å². The molecule has 96 valence electrons. The molecule has 2 aromatic rings. The van der Waals surface area contributed by atoms with Crippen LogP contribution in [0, 0.1) is 0 Å². The minimum absolute atomic E-state index is 0.0978. The molecule has 0 unspecified atom stereocenters. The maximum Gasteiger partial charge on any atom is 0.387 e. The lowest BCUT2D eigenvalue weighted by atomic mass is 10.1. The molecule has 0 aromatic heterocycles. The Balaban J connectivity index is 2.56. The summed E-state index contributed by atoms with van der Waals surface area (Å²) in [6.07, 6.45) is 0. The van der Waals surface area contributed by atoms with Crippen molar-refractivity contribution in [1.29, 1.82) is 0 Å². The molecule has 0 spiro atoms. The van der Waals surface area contributed by atoms with Crippen molar-refractivity contribution in [3.8, 4) is 11.5 Å². The minimum Gasteiger partial charge on any atom is -0.434 e. The summed E-state index contributed by atoms with van der Waals surface area (Å²) in [6.45, 7) is -6.06. The summed E-state index contributed by atoms with van der Waals surface area (Å²) in [5.74, 6) is -0.391. The third-order valence-electron chi connectivity index (χ3n) is 2.26. The van der Waals surface area contributed by atoms with Crippen LogP contribution >= 0.6 is 0 Å². The Morgan fingerprint density at radius 2 is 1.17 bits per heavy atom. The summed E-state index contributed by atoms with van der Waals surface area (Å²) < 4.78 is 57.5. The second-order valence-electron chi connectivity index (χ2n) is 3.37. The lowest BCUT2D eigenvalue weighted by molar-refractivity contribution is -0.0519. The molecule has 0 N–H and O–H groups in total. The van der Waals surface area contributed by atoms with E-state index in [0.29, 0.717) is 5.39 Å². The van der Waals surface area contributed by atoms with E-state index in [2.05, 4.69) is 9.47 Å². The average Bonchev–Trinajstić information content (AvgIpc) is 2.27. The van der Waals surface area contributed by atoms with Gasteiger partial charge in [0.1, 0.15) is 11.5 Å². The third kappa shape index (κ3) is 2.64. The Kier molecular flexibility index (Phi) is 3.55. The summed E-state index contributed by atoms with van der Waals surface area (Å²) in [4.78, 5) is 0. The van der Waals surface area contributed by atoms with Gasteiger partial charge in [-0.15, -0.1) is 0 Å². The Labute approximate surface area is 99.7 Å². The molecule has 2 rings (SSSR count). The average molecular weight is 260 g/mol. The van der Waals surface area contributed by atoms with E-state index >= 15 is 0 Å². The molecule has 0 aliphatic rings. The van der Waals surface area contributed by atoms with Gasteiger partial charge in [-0.3, -0.25) is 0 Å². The highest BCUT2D eigenvalue weighted by Gasteiger charge is 2.14. The van der Waals surface area contributed by atoms with Gasteiger partial charge in [-0.05, 0) is 17.5 Å². The Hall–Kier alpha value is -1.98. The zero-order valence-electron chi connectivity index (χ0n) is 8.95. The van der Waals surface area contributed by atoms with Crippen molar-refractivity contribution < 1.29 is 27.0 Å². The highest BCUT2D eigenvalue weighted by molar-refractivity contribution is 5.93. The van der Waals surface area contributed by atoms with E-state index in [9.17, 15) is 17.6 Å². The number of ether oxygens (including phenoxy) is 2. The largest absolute Gasteiger partial charge is 0.434 e. The van der Waals surface area contributed by atoms with Gasteiger partial charge in [0.05, 0.1) is 5.39 Å². The van der Waals surface area contributed by atoms with Crippen molar-refractivity contribution in [2.24, 2.45) is 0 Å². The summed E-state index contributed by atoms with van der Waals surface area (Å²) in [5.41, 5.74) is 0. The molecule has 0 heterocycles. The van der Waals surface area contributed by atoms with Crippen molar-refractivity contribution in [3.05, 3.63) is 36.4 Å². The Morgan fingerprint density at radius 3 is 1.56 bits per heavy atom. The number of benzene rings is 2. The van der Waals surface area contributed by atoms with Crippen LogP contribution < -0.4 is 9.47 Å². The molecule has 0 atom stereocenters. The van der Waals surface area contributed by atoms with Crippen molar-refractivity contribution in [3.63, 3.8) is 0 Å². The Bertz CT molecular complexity index is 498. The van der Waals surface area contributed by atoms with E-state index in [-0.39, 0.29) is 16.9 Å². The van der Waals surface area contributed by atoms with Crippen molar-refractivity contribution in [1.82, 2.24) is 0 Å². The lowest BCUT2D eigenvalue weighted by Crippen LogP contribution is -2.05. The van der Waals surface area contributed by atoms with Gasteiger partial charge in [0.2, 0.25) is 0 Å². The first-order valence-electron chi connectivity index (χ1n) is 4.99. The van der Waals surface area contributed by atoms with Crippen LogP contribution in [0.1, 0.15) is 0 Å². The van der Waals surface area contributed by atoms with Gasteiger partial charge in [-0.25, -0.2) is 0 Å². The summed E-state index contributed by atoms with van der Waals surface area (Å²) >= 11 is 0. The molecule has 0 aliphatic heterocycles. The monoisotopic (exact) mass is 260 g/mol. The van der Waals surface area contributed by atoms with Crippen LogP contribution in [0.15, 0.2) is 36.4 Å². The fraction of sp³-hybridized carbons (Fsp3) is 0.167. The zero-order chi connectivity index (χ0) is 13.1. The first-order valence-corrected chi connectivity index (χ1v) is 4.99. The fourth-order valence-corrected chi connectivity index (χ4v) is 1.66. The number of halogens is 4. The van der Waals surface area contributed by atoms with E-state index < -0.39 is 13.2 Å². The number of fused-ring (bicyclic) bond motifs is 1. The second kappa shape index (κ2) is 5.12. The van der Waals surface area contributed by atoms with Gasteiger partial charge in [-0.2, -0.15) is 17.6 Å². The highest BCUT2D eigenvalue weighted by atomic mass is 19.3. The van der Waals surface area contributed by atoms with Crippen LogP contribution in [0.2, 0.25) is 0 Å². The normalized spacial score (nSPS) is 11.2. The minimum atomic E-state index is -3.03. The van der Waals surface area contributed by atoms with Crippen LogP contribution in [0.5, 0.6) is 11.5 Å². The molecule has 6 heteroatoms. The van der Waals surface area contributed by atoms with Gasteiger partial charge < -0.3 is 9.47 Å². The van der Waals surface area contributed by atoms with Gasteiger partial charge in [0, 0.05) is 0 Å². The van der Waals surface area contributed by atoms with Crippen molar-refractivity contribution in [2.45, 2.75) is 13.2 Å². The number of hydrogen-bond donors (Lipinski definition) is 0. The van der Waals surface area contributed by atoms with E-state index in [1.165, 1.54) is 24.3 Å². The molecule has 0 bridgehead atoms. The van der Waals surface area contributed by atoms with Crippen LogP contribution in [0.25, 0.3) is 10.8 Å². The van der Waals surface area contributed by atoms with Crippen molar-refractivity contribution in [2.75, 3.05) is 0 Å². The van der Waals surface area contributed by atoms with E-state index in [0.717, 1.165) is 0 Å². The maximum absolute atomic E-state index is 12.2. The number of hydrogen-bond acceptors (Lipinski definition) is 2. The zero-order valence-corrected chi connectivity index (χ0v) is 8.95. The van der Waals surface area contributed by atoms with Crippen LogP contribution in [0.3, 0.4) is 0 Å². The predicted octanol–water partition coefficient (Wildman–Crippen LogP) is 4.04. The smallest absolute Gasteiger partial charge is 0.387 e. The SMILES string of the molecule is FC(F)Oc1cccc2cccc(OC(F)F)c12. The van der Waals surface area contributed by atoms with Crippen LogP contribution in [-0.4, -0.2) is 13.2 Å². The predicted molar refractivity (Wildman–Crippen MR) is 57.2 cm³/mol. The molecule has 2 nitrogen and oxygen atoms in total. The van der Waals surface area contributed by atoms with Crippen LogP contribution in [0.4, 0.5) is 17.6 Å². The van der Waals surface area contributed by atoms with Gasteiger partial charge in [0.15, 0.2) is 0 Å². The second-order valence-corrected chi connectivity index (χ2v) is 3.37. The third-order valence-corrected chi connectivity index (χ3v) is 2.26. The molecule has 0 fully saturated rings. The molecule has 18 heavy (non-hydrogen) atoms. The molecule has 2 aromatic carbocycles. The van der Waals surface area contributed by atoms with E-state index in [1.54, 1.807) is 12.1 Å². The first kappa shape index (κ1) is 12.5. The Morgan fingerprint density at radius 1 is 0.722 bits per heavy atom. The molecule has 0 amide bonds. The number of rotatable bonds is 4. The summed E-state index contributed by atoms with van der Waals surface area (Å²) in [5, 5.41) is 0.576. The molecular weight excluding hydrogens is 252 g/mol. The van der Waals surface area contributed by atoms with Crippen molar-refractivity contribution >= 4 is 10.8 Å².